The maximum absolute atomic E-state index is 8.36. The predicted octanol–water partition coefficient (Wildman–Crippen LogP) is 2.30. The Balaban J connectivity index is 0.000000225. The molecule has 2 rings (SSSR count). The van der Waals surface area contributed by atoms with Gasteiger partial charge in [-0.1, -0.05) is 54.6 Å². The van der Waals surface area contributed by atoms with Gasteiger partial charge in [0.2, 0.25) is 0 Å². The minimum Gasteiger partial charge on any atom is -0.537 e. The Labute approximate surface area is 108 Å². The molecule has 1 N–H and O–H groups in total. The monoisotopic (exact) mass is 243 g/mol. The summed E-state index contributed by atoms with van der Waals surface area (Å²) in [5.74, 6) is 0.718. The second kappa shape index (κ2) is 10.4. The summed E-state index contributed by atoms with van der Waals surface area (Å²) < 4.78 is 9.84. The van der Waals surface area contributed by atoms with Gasteiger partial charge in [-0.05, 0) is 12.1 Å². The highest BCUT2D eigenvalue weighted by Crippen LogP contribution is 2.06. The van der Waals surface area contributed by atoms with Gasteiger partial charge in [-0.3, -0.25) is 0 Å². The van der Waals surface area contributed by atoms with E-state index in [9.17, 15) is 0 Å². The van der Waals surface area contributed by atoms with Crippen molar-refractivity contribution in [3.8, 4) is 5.75 Å². The Morgan fingerprint density at radius 2 is 1.33 bits per heavy atom. The summed E-state index contributed by atoms with van der Waals surface area (Å²) >= 11 is 0. The quantitative estimate of drug-likeness (QED) is 0.646. The first-order valence-corrected chi connectivity index (χ1v) is 5.69. The van der Waals surface area contributed by atoms with Crippen LogP contribution in [0.25, 0.3) is 0 Å². The lowest BCUT2D eigenvalue weighted by Crippen LogP contribution is -2.10. The lowest BCUT2D eigenvalue weighted by atomic mass is 10.3. The predicted molar refractivity (Wildman–Crippen MR) is 72.3 cm³/mol. The SMILES string of the molecule is OCCO[B]Oc1ccccc1.c1ccccc1. The molecule has 1 radical (unpaired) electrons. The van der Waals surface area contributed by atoms with Crippen LogP contribution in [-0.2, 0) is 4.65 Å². The van der Waals surface area contributed by atoms with E-state index in [-0.39, 0.29) is 13.2 Å². The first-order valence-electron chi connectivity index (χ1n) is 5.69. The Morgan fingerprint density at radius 3 is 1.83 bits per heavy atom. The number of aliphatic hydroxyl groups is 1. The van der Waals surface area contributed by atoms with Crippen LogP contribution in [0.3, 0.4) is 0 Å². The third-order valence-electron chi connectivity index (χ3n) is 1.87. The Bertz CT molecular complexity index is 354. The molecule has 0 aliphatic carbocycles. The molecule has 0 atom stereocenters. The number of hydrogen-bond acceptors (Lipinski definition) is 3. The molecule has 2 aromatic rings. The minimum atomic E-state index is -0.00531. The highest BCUT2D eigenvalue weighted by Gasteiger charge is 1.95. The molecule has 0 unspecified atom stereocenters. The molecule has 0 amide bonds. The average Bonchev–Trinajstić information content (AvgIpc) is 2.47. The lowest BCUT2D eigenvalue weighted by molar-refractivity contribution is 0.192. The smallest absolute Gasteiger partial charge is 0.537 e. The van der Waals surface area contributed by atoms with Crippen LogP contribution in [0.15, 0.2) is 66.7 Å². The standard InChI is InChI=1S/C8H10BO3.C6H6/c10-6-7-11-9-12-8-4-2-1-3-5-8;1-2-4-6-5-3-1/h1-5,10H,6-7H2;1-6H. The van der Waals surface area contributed by atoms with Crippen LogP contribution in [0, 0.1) is 0 Å². The molecule has 0 aromatic heterocycles. The van der Waals surface area contributed by atoms with E-state index in [0.29, 0.717) is 0 Å². The second-order valence-corrected chi connectivity index (χ2v) is 3.28. The second-order valence-electron chi connectivity index (χ2n) is 3.28. The van der Waals surface area contributed by atoms with Crippen LogP contribution in [0.5, 0.6) is 5.75 Å². The Kier molecular flexibility index (Phi) is 8.24. The van der Waals surface area contributed by atoms with Gasteiger partial charge in [0.15, 0.2) is 0 Å². The maximum atomic E-state index is 8.36. The topological polar surface area (TPSA) is 38.7 Å². The zero-order valence-corrected chi connectivity index (χ0v) is 10.1. The van der Waals surface area contributed by atoms with E-state index in [0.717, 1.165) is 5.75 Å². The van der Waals surface area contributed by atoms with Crippen LogP contribution in [0.4, 0.5) is 0 Å². The van der Waals surface area contributed by atoms with E-state index in [1.165, 1.54) is 7.69 Å². The first kappa shape index (κ1) is 14.3. The number of hydrogen-bond donors (Lipinski definition) is 1. The van der Waals surface area contributed by atoms with Crippen LogP contribution < -0.4 is 4.65 Å². The molecule has 93 valence electrons. The molecule has 0 saturated heterocycles. The minimum absolute atomic E-state index is 0.00531. The van der Waals surface area contributed by atoms with Gasteiger partial charge in [-0.25, -0.2) is 0 Å². The molecule has 0 spiro atoms. The summed E-state index contributed by atoms with van der Waals surface area (Å²) in [5.41, 5.74) is 0. The molecule has 2 aromatic carbocycles. The summed E-state index contributed by atoms with van der Waals surface area (Å²) in [6.07, 6.45) is 0. The fourth-order valence-corrected chi connectivity index (χ4v) is 1.07. The van der Waals surface area contributed by atoms with Gasteiger partial charge in [0.05, 0.1) is 19.0 Å². The van der Waals surface area contributed by atoms with Crippen LogP contribution >= 0.6 is 0 Å². The van der Waals surface area contributed by atoms with Gasteiger partial charge in [0.25, 0.3) is 0 Å². The normalized spacial score (nSPS) is 8.94. The highest BCUT2D eigenvalue weighted by molar-refractivity contribution is 6.19. The molecule has 0 aliphatic heterocycles. The summed E-state index contributed by atoms with van der Waals surface area (Å²) in [6.45, 7) is 0.251. The third kappa shape index (κ3) is 7.49. The summed E-state index contributed by atoms with van der Waals surface area (Å²) in [5, 5.41) is 8.36. The number of aliphatic hydroxyl groups excluding tert-OH is 1. The zero-order valence-electron chi connectivity index (χ0n) is 10.1. The lowest BCUT2D eigenvalue weighted by Gasteiger charge is -2.02. The van der Waals surface area contributed by atoms with Crippen molar-refractivity contribution in [1.82, 2.24) is 0 Å². The van der Waals surface area contributed by atoms with Crippen molar-refractivity contribution < 1.29 is 14.4 Å². The van der Waals surface area contributed by atoms with E-state index in [1.54, 1.807) is 0 Å². The summed E-state index contributed by atoms with van der Waals surface area (Å²) in [7, 11) is 1.21. The van der Waals surface area contributed by atoms with Gasteiger partial charge < -0.3 is 14.4 Å². The van der Waals surface area contributed by atoms with Crippen molar-refractivity contribution in [2.75, 3.05) is 13.2 Å². The molecule has 0 fully saturated rings. The number of para-hydroxylation sites is 1. The van der Waals surface area contributed by atoms with Crippen LogP contribution in [-0.4, -0.2) is 26.0 Å². The fourth-order valence-electron chi connectivity index (χ4n) is 1.07. The van der Waals surface area contributed by atoms with E-state index >= 15 is 0 Å². The van der Waals surface area contributed by atoms with E-state index in [1.807, 2.05) is 66.7 Å². The molecule has 0 bridgehead atoms. The largest absolute Gasteiger partial charge is 0.572 e. The van der Waals surface area contributed by atoms with E-state index in [2.05, 4.69) is 0 Å². The molecule has 3 nitrogen and oxygen atoms in total. The van der Waals surface area contributed by atoms with Gasteiger partial charge >= 0.3 is 7.69 Å². The average molecular weight is 243 g/mol. The third-order valence-corrected chi connectivity index (χ3v) is 1.87. The Hall–Kier alpha value is -1.78. The van der Waals surface area contributed by atoms with Gasteiger partial charge in [-0.2, -0.15) is 0 Å². The van der Waals surface area contributed by atoms with E-state index < -0.39 is 0 Å². The van der Waals surface area contributed by atoms with Crippen LogP contribution in [0.2, 0.25) is 0 Å². The molecular formula is C14H16BO3. The molecule has 4 heteroatoms. The summed E-state index contributed by atoms with van der Waals surface area (Å²) in [4.78, 5) is 0. The Morgan fingerprint density at radius 1 is 0.833 bits per heavy atom. The summed E-state index contributed by atoms with van der Waals surface area (Å²) in [6, 6.07) is 21.3. The van der Waals surface area contributed by atoms with Gasteiger partial charge in [-0.15, -0.1) is 0 Å². The van der Waals surface area contributed by atoms with Gasteiger partial charge in [0, 0.05) is 0 Å². The van der Waals surface area contributed by atoms with Gasteiger partial charge in [0.1, 0.15) is 0 Å². The van der Waals surface area contributed by atoms with Crippen molar-refractivity contribution in [3.05, 3.63) is 66.7 Å². The molecule has 0 heterocycles. The number of benzene rings is 2. The molecule has 0 saturated carbocycles. The highest BCUT2D eigenvalue weighted by atomic mass is 16.6. The maximum Gasteiger partial charge on any atom is 0.572 e. The molecular weight excluding hydrogens is 227 g/mol. The molecule has 0 aliphatic rings. The number of rotatable bonds is 5. The van der Waals surface area contributed by atoms with Crippen LogP contribution in [0.1, 0.15) is 0 Å². The van der Waals surface area contributed by atoms with Crippen molar-refractivity contribution in [2.45, 2.75) is 0 Å². The van der Waals surface area contributed by atoms with Crippen molar-refractivity contribution >= 4 is 7.69 Å². The van der Waals surface area contributed by atoms with Crippen molar-refractivity contribution in [3.63, 3.8) is 0 Å². The zero-order chi connectivity index (χ0) is 12.9. The molecule has 18 heavy (non-hydrogen) atoms. The van der Waals surface area contributed by atoms with Crippen molar-refractivity contribution in [1.29, 1.82) is 0 Å². The first-order chi connectivity index (χ1) is 8.93. The van der Waals surface area contributed by atoms with Crippen molar-refractivity contribution in [2.24, 2.45) is 0 Å². The fraction of sp³-hybridized carbons (Fsp3) is 0.143. The van der Waals surface area contributed by atoms with E-state index in [4.69, 9.17) is 14.4 Å².